The van der Waals surface area contributed by atoms with Gasteiger partial charge in [0, 0.05) is 25.7 Å². The van der Waals surface area contributed by atoms with Gasteiger partial charge in [-0.15, -0.1) is 0 Å². The Labute approximate surface area is 352 Å². The van der Waals surface area contributed by atoms with E-state index in [4.69, 9.17) is 9.47 Å². The molecule has 0 radical (unpaired) electrons. The van der Waals surface area contributed by atoms with Crippen molar-refractivity contribution in [1.29, 1.82) is 0 Å². The van der Waals surface area contributed by atoms with Crippen LogP contribution < -0.4 is 0 Å². The van der Waals surface area contributed by atoms with Crippen molar-refractivity contribution in [3.8, 4) is 0 Å². The Hall–Kier alpha value is -1.95. The van der Waals surface area contributed by atoms with E-state index in [1.54, 1.807) is 5.57 Å². The van der Waals surface area contributed by atoms with Crippen molar-refractivity contribution in [2.24, 2.45) is 80.8 Å². The van der Waals surface area contributed by atoms with E-state index in [2.05, 4.69) is 60.6 Å². The normalized spacial score (nSPS) is 44.9. The summed E-state index contributed by atoms with van der Waals surface area (Å²) in [5, 5.41) is 11.0. The van der Waals surface area contributed by atoms with E-state index in [0.717, 1.165) is 105 Å². The van der Waals surface area contributed by atoms with Gasteiger partial charge in [0.2, 0.25) is 0 Å². The number of aliphatic hydroxyl groups is 1. The molecule has 0 heterocycles. The van der Waals surface area contributed by atoms with E-state index in [0.29, 0.717) is 46.7 Å². The molecule has 0 amide bonds. The third kappa shape index (κ3) is 7.65. The fourth-order valence-corrected chi connectivity index (χ4v) is 16.7. The number of hydrogen-bond acceptors (Lipinski definition) is 6. The predicted molar refractivity (Wildman–Crippen MR) is 231 cm³/mol. The lowest BCUT2D eigenvalue weighted by Gasteiger charge is -2.59. The third-order valence-electron chi connectivity index (χ3n) is 20.4. The van der Waals surface area contributed by atoms with Crippen LogP contribution in [0.5, 0.6) is 0 Å². The van der Waals surface area contributed by atoms with Crippen molar-refractivity contribution in [1.82, 2.24) is 0 Å². The van der Waals surface area contributed by atoms with Gasteiger partial charge in [0.1, 0.15) is 5.78 Å². The van der Waals surface area contributed by atoms with Gasteiger partial charge in [-0.25, -0.2) is 0 Å². The summed E-state index contributed by atoms with van der Waals surface area (Å²) in [7, 11) is 2.99. The van der Waals surface area contributed by atoms with Crippen LogP contribution >= 0.6 is 0 Å². The maximum Gasteiger partial charge on any atom is 0.305 e. The zero-order valence-electron chi connectivity index (χ0n) is 38.3. The number of fused-ring (bicyclic) bond motifs is 10. The topological polar surface area (TPSA) is 89.9 Å². The Balaban J connectivity index is 0.000000177. The van der Waals surface area contributed by atoms with Crippen LogP contribution in [0.4, 0.5) is 0 Å². The fourth-order valence-electron chi connectivity index (χ4n) is 16.7. The minimum Gasteiger partial charge on any atom is -0.469 e. The maximum atomic E-state index is 12.0. The van der Waals surface area contributed by atoms with Crippen LogP contribution in [0.2, 0.25) is 0 Å². The average Bonchev–Trinajstić information content (AvgIpc) is 3.76. The number of rotatable bonds is 9. The van der Waals surface area contributed by atoms with E-state index in [-0.39, 0.29) is 17.4 Å². The molecule has 0 aromatic heterocycles. The molecule has 6 nitrogen and oxygen atoms in total. The second-order valence-corrected chi connectivity index (χ2v) is 22.6. The number of carbonyl (C=O) groups is 3. The summed E-state index contributed by atoms with van der Waals surface area (Å²) in [6.07, 6.45) is 27.6. The van der Waals surface area contributed by atoms with Gasteiger partial charge in [0.05, 0.1) is 19.8 Å². The molecule has 58 heavy (non-hydrogen) atoms. The van der Waals surface area contributed by atoms with Gasteiger partial charge in [-0.05, 0) is 190 Å². The number of ether oxygens (including phenoxy) is 2. The zero-order valence-corrected chi connectivity index (χ0v) is 38.3. The van der Waals surface area contributed by atoms with E-state index in [1.165, 1.54) is 84.0 Å². The molecular formula is C52H82O6. The molecular weight excluding hydrogens is 721 g/mol. The molecule has 6 saturated carbocycles. The molecule has 0 bridgehead atoms. The summed E-state index contributed by atoms with van der Waals surface area (Å²) in [5.41, 5.74) is 4.00. The maximum absolute atomic E-state index is 12.0. The molecule has 15 atom stereocenters. The molecule has 0 saturated heterocycles. The molecule has 6 fully saturated rings. The first kappa shape index (κ1) is 44.1. The molecule has 0 aromatic carbocycles. The smallest absolute Gasteiger partial charge is 0.305 e. The molecule has 0 aliphatic heterocycles. The standard InChI is InChI=1S/C27H44O3.C25H38O3/c1-6-27(29)16-15-25(3)19(17-27)8-9-20-22-11-10-21(18(2)7-12-24(28)30-5)26(22,4)14-13-23(20)25;1-16(5-10-23(27)28-4)20-8-9-21-19-7-6-17-15-18(26)11-13-24(17,2)22(19)12-14-25(20,21)3/h8,18,20-23,29H,6-7,9-17H2,1-5H3;6,16,19-22H,5,7-15H2,1-4H3/t18-,20+,21-,22+,23+,25+,26-,27+;16-,19+,20-,21+,22+,24+,25-/m11/s1. The Kier molecular flexibility index (Phi) is 12.7. The van der Waals surface area contributed by atoms with Crippen LogP contribution in [-0.4, -0.2) is 42.6 Å². The van der Waals surface area contributed by atoms with Crippen LogP contribution in [0, 0.1) is 80.8 Å². The predicted octanol–water partition coefficient (Wildman–Crippen LogP) is 12.0. The van der Waals surface area contributed by atoms with Gasteiger partial charge < -0.3 is 14.6 Å². The lowest BCUT2D eigenvalue weighted by molar-refractivity contribution is -0.142. The first-order valence-electron chi connectivity index (χ1n) is 24.2. The van der Waals surface area contributed by atoms with Gasteiger partial charge in [0.15, 0.2) is 0 Å². The summed E-state index contributed by atoms with van der Waals surface area (Å²) in [5.74, 6) is 7.75. The largest absolute Gasteiger partial charge is 0.469 e. The number of Topliss-reactive ketones (excluding diaryl/α,β-unsaturated/α-hetero) is 1. The SMILES string of the molecule is CC[C@]1(O)CC[C@@]2(C)C(=CC[C@H]3[C@@H]4CC[C@H]([C@H](C)CCC(=O)OC)[C@@]4(C)CC[C@@H]32)C1.COC(=O)CC[C@@H](C)[C@H]1CC[C@H]2[C@@H]3CC=C4CC(=O)CC[C@]4(C)[C@H]3CC[C@]12C. The molecule has 0 unspecified atom stereocenters. The van der Waals surface area contributed by atoms with Gasteiger partial charge in [-0.1, -0.05) is 71.8 Å². The van der Waals surface area contributed by atoms with Gasteiger partial charge >= 0.3 is 11.9 Å². The average molecular weight is 803 g/mol. The number of hydrogen-bond donors (Lipinski definition) is 1. The summed E-state index contributed by atoms with van der Waals surface area (Å²) in [6.45, 7) is 17.0. The molecule has 8 aliphatic rings. The molecule has 1 N–H and O–H groups in total. The van der Waals surface area contributed by atoms with Crippen LogP contribution in [0.15, 0.2) is 23.3 Å². The van der Waals surface area contributed by atoms with Crippen molar-refractivity contribution in [2.75, 3.05) is 14.2 Å². The second-order valence-electron chi connectivity index (χ2n) is 22.6. The first-order chi connectivity index (χ1) is 27.5. The summed E-state index contributed by atoms with van der Waals surface area (Å²) in [6, 6.07) is 0. The fraction of sp³-hybridized carbons (Fsp3) is 0.865. The van der Waals surface area contributed by atoms with Gasteiger partial charge in [0.25, 0.3) is 0 Å². The van der Waals surface area contributed by atoms with Crippen molar-refractivity contribution in [2.45, 2.75) is 189 Å². The minimum absolute atomic E-state index is 0.0625. The first-order valence-corrected chi connectivity index (χ1v) is 24.2. The highest BCUT2D eigenvalue weighted by Crippen LogP contribution is 2.69. The highest BCUT2D eigenvalue weighted by Gasteiger charge is 2.61. The quantitative estimate of drug-likeness (QED) is 0.184. The molecule has 326 valence electrons. The Morgan fingerprint density at radius 2 is 1.17 bits per heavy atom. The third-order valence-corrected chi connectivity index (χ3v) is 20.4. The van der Waals surface area contributed by atoms with Gasteiger partial charge in [-0.2, -0.15) is 0 Å². The van der Waals surface area contributed by atoms with Crippen molar-refractivity contribution in [3.63, 3.8) is 0 Å². The van der Waals surface area contributed by atoms with Crippen molar-refractivity contribution in [3.05, 3.63) is 23.3 Å². The van der Waals surface area contributed by atoms with Crippen LogP contribution in [0.1, 0.15) is 183 Å². The molecule has 8 aliphatic carbocycles. The highest BCUT2D eigenvalue weighted by molar-refractivity contribution is 5.82. The second kappa shape index (κ2) is 16.7. The zero-order chi connectivity index (χ0) is 41.8. The minimum atomic E-state index is -0.463. The van der Waals surface area contributed by atoms with E-state index >= 15 is 0 Å². The highest BCUT2D eigenvalue weighted by atomic mass is 16.5. The van der Waals surface area contributed by atoms with Crippen LogP contribution in [-0.2, 0) is 23.9 Å². The number of ketones is 1. The lowest BCUT2D eigenvalue weighted by atomic mass is 9.46. The molecule has 6 heteroatoms. The number of allylic oxidation sites excluding steroid dienone is 3. The monoisotopic (exact) mass is 803 g/mol. The number of carbonyl (C=O) groups excluding carboxylic acids is 3. The van der Waals surface area contributed by atoms with E-state index in [1.807, 2.05) is 0 Å². The molecule has 0 spiro atoms. The lowest BCUT2D eigenvalue weighted by Crippen LogP contribution is -2.52. The van der Waals surface area contributed by atoms with Gasteiger partial charge in [-0.3, -0.25) is 14.4 Å². The summed E-state index contributed by atoms with van der Waals surface area (Å²) < 4.78 is 9.75. The Bertz CT molecular complexity index is 1610. The van der Waals surface area contributed by atoms with E-state index < -0.39 is 5.60 Å². The van der Waals surface area contributed by atoms with Crippen LogP contribution in [0.25, 0.3) is 0 Å². The summed E-state index contributed by atoms with van der Waals surface area (Å²) in [4.78, 5) is 35.3. The van der Waals surface area contributed by atoms with Crippen molar-refractivity contribution >= 4 is 17.7 Å². The number of esters is 2. The molecule has 8 rings (SSSR count). The van der Waals surface area contributed by atoms with E-state index in [9.17, 15) is 19.5 Å². The Morgan fingerprint density at radius 1 is 0.690 bits per heavy atom. The summed E-state index contributed by atoms with van der Waals surface area (Å²) >= 11 is 0. The van der Waals surface area contributed by atoms with Crippen molar-refractivity contribution < 1.29 is 29.0 Å². The Morgan fingerprint density at radius 3 is 1.66 bits per heavy atom. The number of methoxy groups -OCH3 is 2. The van der Waals surface area contributed by atoms with Crippen LogP contribution in [0.3, 0.4) is 0 Å². The molecule has 0 aromatic rings.